The van der Waals surface area contributed by atoms with Crippen molar-refractivity contribution in [2.75, 3.05) is 18.9 Å². The van der Waals surface area contributed by atoms with Gasteiger partial charge in [-0.15, -0.1) is 0 Å². The van der Waals surface area contributed by atoms with Crippen LogP contribution in [0.4, 0.5) is 10.7 Å². The van der Waals surface area contributed by atoms with Crippen molar-refractivity contribution in [1.82, 2.24) is 34.1 Å². The van der Waals surface area contributed by atoms with E-state index < -0.39 is 68.7 Å². The molecule has 3 aromatic heterocycles. The van der Waals surface area contributed by atoms with Crippen LogP contribution < -0.4 is 17.0 Å². The van der Waals surface area contributed by atoms with Crippen molar-refractivity contribution in [3.8, 4) is 0 Å². The van der Waals surface area contributed by atoms with Crippen LogP contribution in [0.15, 0.2) is 22.2 Å². The Kier molecular flexibility index (Phi) is 8.91. The van der Waals surface area contributed by atoms with Crippen molar-refractivity contribution in [1.29, 1.82) is 0 Å². The number of carbonyl (C=O) groups excluding carboxylic acids is 1. The summed E-state index contributed by atoms with van der Waals surface area (Å²) >= 11 is 0. The highest BCUT2D eigenvalue weighted by atomic mass is 31.2. The number of fused-ring (bicyclic) bond motifs is 1. The zero-order chi connectivity index (χ0) is 30.9. The molecule has 0 radical (unpaired) electrons. The molecule has 2 saturated heterocycles. The van der Waals surface area contributed by atoms with Gasteiger partial charge in [0.15, 0.2) is 11.2 Å². The van der Waals surface area contributed by atoms with Crippen LogP contribution in [0.2, 0.25) is 0 Å². The van der Waals surface area contributed by atoms with E-state index in [0.29, 0.717) is 17.9 Å². The van der Waals surface area contributed by atoms with Gasteiger partial charge in [0, 0.05) is 12.8 Å². The topological polar surface area (TPSA) is 247 Å². The lowest BCUT2D eigenvalue weighted by atomic mass is 10.1. The molecule has 43 heavy (non-hydrogen) atoms. The molecule has 4 N–H and O–H groups in total. The minimum absolute atomic E-state index is 0.0398. The van der Waals surface area contributed by atoms with Crippen molar-refractivity contribution in [3.63, 3.8) is 0 Å². The number of aromatic amines is 1. The number of nitrogen functional groups attached to an aromatic ring is 1. The first-order valence-electron chi connectivity index (χ1n) is 13.4. The summed E-state index contributed by atoms with van der Waals surface area (Å²) in [5, 5.41) is 0. The predicted octanol–water partition coefficient (Wildman–Crippen LogP) is 0.691. The molecule has 7 atom stereocenters. The van der Waals surface area contributed by atoms with E-state index in [9.17, 15) is 23.8 Å². The normalized spacial score (nSPS) is 26.9. The van der Waals surface area contributed by atoms with Gasteiger partial charge in [0.1, 0.15) is 36.8 Å². The maximum atomic E-state index is 13.1. The molecule has 0 spiro atoms. The Morgan fingerprint density at radius 2 is 1.81 bits per heavy atom. The van der Waals surface area contributed by atoms with Gasteiger partial charge in [0.2, 0.25) is 5.95 Å². The fourth-order valence-electron chi connectivity index (χ4n) is 4.93. The zero-order valence-corrected chi connectivity index (χ0v) is 24.3. The number of nitrogens with zero attached hydrogens (tertiary/aromatic N) is 6. The van der Waals surface area contributed by atoms with Crippen LogP contribution in [0, 0.1) is 6.92 Å². The Hall–Kier alpha value is -3.74. The van der Waals surface area contributed by atoms with Crippen LogP contribution in [0.5, 0.6) is 0 Å². The lowest BCUT2D eigenvalue weighted by molar-refractivity contribution is -0.0605. The van der Waals surface area contributed by atoms with Crippen LogP contribution >= 0.6 is 7.82 Å². The molecular weight excluding hydrogens is 595 g/mol. The molecular formula is C23H31N8O11P. The van der Waals surface area contributed by atoms with Gasteiger partial charge >= 0.3 is 19.7 Å². The number of carbonyl (C=O) groups is 1. The van der Waals surface area contributed by atoms with E-state index in [-0.39, 0.29) is 30.9 Å². The Labute approximate surface area is 242 Å². The first-order valence-corrected chi connectivity index (χ1v) is 14.9. The Morgan fingerprint density at radius 3 is 2.53 bits per heavy atom. The number of H-pyrrole nitrogens is 1. The molecule has 5 rings (SSSR count). The van der Waals surface area contributed by atoms with Crippen molar-refractivity contribution >= 4 is 31.1 Å². The third kappa shape index (κ3) is 6.76. The molecule has 5 heterocycles. The number of nitrogens with two attached hydrogens (primary N) is 1. The van der Waals surface area contributed by atoms with Gasteiger partial charge in [0.25, 0.3) is 5.56 Å². The van der Waals surface area contributed by atoms with Crippen LogP contribution in [-0.4, -0.2) is 82.7 Å². The summed E-state index contributed by atoms with van der Waals surface area (Å²) in [6, 6.07) is 0. The summed E-state index contributed by atoms with van der Waals surface area (Å²) in [7, 11) is -4.73. The first kappa shape index (κ1) is 30.7. The van der Waals surface area contributed by atoms with Crippen LogP contribution in [0.3, 0.4) is 0 Å². The second-order valence-electron chi connectivity index (χ2n) is 9.77. The number of rotatable bonds is 10. The maximum Gasteiger partial charge on any atom is 0.508 e. The molecule has 2 fully saturated rings. The Morgan fingerprint density at radius 1 is 1.12 bits per heavy atom. The molecule has 1 unspecified atom stereocenters. The SMILES string of the molecule is CCOC(=O)O[C@@H]1C[C@H](n2cnc(N)nc2=O)O[C@@H]1COP(=O)(O)O[C@@H]1C[C@H](n2cnc3c(=O)[nH]c(C)nc32)O[C@@H]1CC. The van der Waals surface area contributed by atoms with Crippen LogP contribution in [0.25, 0.3) is 11.2 Å². The van der Waals surface area contributed by atoms with Gasteiger partial charge in [-0.2, -0.15) is 4.98 Å². The molecule has 0 amide bonds. The molecule has 234 valence electrons. The fraction of sp³-hybridized carbons (Fsp3) is 0.609. The van der Waals surface area contributed by atoms with E-state index in [1.807, 2.05) is 6.92 Å². The lowest BCUT2D eigenvalue weighted by Crippen LogP contribution is -2.31. The maximum absolute atomic E-state index is 13.1. The summed E-state index contributed by atoms with van der Waals surface area (Å²) in [5.41, 5.74) is 4.72. The molecule has 0 aliphatic carbocycles. The average molecular weight is 627 g/mol. The quantitative estimate of drug-likeness (QED) is 0.207. The lowest BCUT2D eigenvalue weighted by Gasteiger charge is -2.23. The summed E-state index contributed by atoms with van der Waals surface area (Å²) in [5.74, 6) is 0.155. The molecule has 2 aliphatic heterocycles. The summed E-state index contributed by atoms with van der Waals surface area (Å²) in [4.78, 5) is 65.5. The number of hydrogen-bond acceptors (Lipinski definition) is 15. The molecule has 20 heteroatoms. The van der Waals surface area contributed by atoms with Gasteiger partial charge in [-0.25, -0.2) is 29.1 Å². The van der Waals surface area contributed by atoms with Gasteiger partial charge < -0.3 is 34.6 Å². The number of ether oxygens (including phenoxy) is 4. The van der Waals surface area contributed by atoms with Gasteiger partial charge in [-0.05, 0) is 20.3 Å². The first-order chi connectivity index (χ1) is 20.5. The van der Waals surface area contributed by atoms with E-state index in [2.05, 4.69) is 24.9 Å². The summed E-state index contributed by atoms with van der Waals surface area (Å²) in [6.45, 7) is 4.54. The molecule has 0 bridgehead atoms. The van der Waals surface area contributed by atoms with Crippen LogP contribution in [0.1, 0.15) is 51.4 Å². The molecule has 2 aliphatic rings. The van der Waals surface area contributed by atoms with Gasteiger partial charge in [-0.3, -0.25) is 23.0 Å². The average Bonchev–Trinajstić information content (AvgIpc) is 3.64. The van der Waals surface area contributed by atoms with E-state index >= 15 is 0 Å². The van der Waals surface area contributed by atoms with Crippen molar-refractivity contribution in [2.24, 2.45) is 0 Å². The minimum Gasteiger partial charge on any atom is -0.435 e. The number of aryl methyl sites for hydroxylation is 1. The highest BCUT2D eigenvalue weighted by molar-refractivity contribution is 7.47. The molecule has 0 aromatic carbocycles. The Balaban J connectivity index is 1.27. The minimum atomic E-state index is -4.73. The number of imidazole rings is 1. The fourth-order valence-corrected chi connectivity index (χ4v) is 5.89. The number of phosphoric ester groups is 1. The summed E-state index contributed by atoms with van der Waals surface area (Å²) in [6.07, 6.45) is -3.21. The molecule has 0 saturated carbocycles. The number of phosphoric acid groups is 1. The predicted molar refractivity (Wildman–Crippen MR) is 143 cm³/mol. The second-order valence-corrected chi connectivity index (χ2v) is 11.2. The monoisotopic (exact) mass is 626 g/mol. The van der Waals surface area contributed by atoms with E-state index in [1.54, 1.807) is 18.4 Å². The van der Waals surface area contributed by atoms with Crippen LogP contribution in [-0.2, 0) is 32.6 Å². The third-order valence-electron chi connectivity index (χ3n) is 6.86. The second kappa shape index (κ2) is 12.5. The van der Waals surface area contributed by atoms with Crippen molar-refractivity contribution in [3.05, 3.63) is 39.3 Å². The highest BCUT2D eigenvalue weighted by Gasteiger charge is 2.44. The van der Waals surface area contributed by atoms with E-state index in [1.165, 1.54) is 6.33 Å². The zero-order valence-electron chi connectivity index (χ0n) is 23.4. The standard InChI is InChI=1S/C23H31N8O11P/c1-4-12-14(7-16(39-12)30-9-25-18-19(30)27-11(3)28-20(18)32)42-43(35,36)38-8-15-13(41-23(34)37-5-2)6-17(40-15)31-10-26-21(24)29-22(31)33/h9-10,12-17H,4-8H2,1-3H3,(H,35,36)(H2,24,29,33)(H,27,28,32)/t12-,13-,14-,15-,16-,17-/m1/s1. The third-order valence-corrected chi connectivity index (χ3v) is 7.87. The largest absolute Gasteiger partial charge is 0.508 e. The van der Waals surface area contributed by atoms with E-state index in [0.717, 1.165) is 10.9 Å². The number of nitrogens with one attached hydrogen (secondary N) is 1. The molecule has 3 aromatic rings. The smallest absolute Gasteiger partial charge is 0.435 e. The highest BCUT2D eigenvalue weighted by Crippen LogP contribution is 2.49. The van der Waals surface area contributed by atoms with Crippen molar-refractivity contribution < 1.29 is 42.2 Å². The summed E-state index contributed by atoms with van der Waals surface area (Å²) < 4.78 is 48.5. The van der Waals surface area contributed by atoms with Gasteiger partial charge in [-0.1, -0.05) is 6.92 Å². The number of aromatic nitrogens is 7. The van der Waals surface area contributed by atoms with Gasteiger partial charge in [0.05, 0.1) is 31.7 Å². The number of anilines is 1. The molecule has 19 nitrogen and oxygen atoms in total. The Bertz CT molecular complexity index is 1640. The van der Waals surface area contributed by atoms with Crippen molar-refractivity contribution in [2.45, 2.75) is 76.9 Å². The van der Waals surface area contributed by atoms with E-state index in [4.69, 9.17) is 33.7 Å². The number of hydrogen-bond donors (Lipinski definition) is 3.